The Hall–Kier alpha value is -2.11. The zero-order valence-corrected chi connectivity index (χ0v) is 11.7. The summed E-state index contributed by atoms with van der Waals surface area (Å²) in [6, 6.07) is 0. The Kier molecular flexibility index (Phi) is 3.08. The third-order valence-electron chi connectivity index (χ3n) is 3.85. The van der Waals surface area contributed by atoms with E-state index in [-0.39, 0.29) is 11.9 Å². The van der Waals surface area contributed by atoms with Gasteiger partial charge in [-0.15, -0.1) is 0 Å². The fraction of sp³-hybridized carbons (Fsp3) is 0.500. The van der Waals surface area contributed by atoms with Crippen molar-refractivity contribution in [1.29, 1.82) is 0 Å². The molecule has 106 valence electrons. The van der Waals surface area contributed by atoms with Crippen LogP contribution in [-0.4, -0.2) is 34.9 Å². The number of aromatic nitrogens is 2. The number of amides is 1. The standard InChI is InChI=1S/C14H18N4O2/c1-18(2)13(19)12-10(8-5-3-4-6-8)11-9(20-12)7-16-14(15)17-11/h7-8H,3-6H2,1-2H3,(H2,15,16,17). The van der Waals surface area contributed by atoms with Gasteiger partial charge < -0.3 is 15.1 Å². The fourth-order valence-electron chi connectivity index (χ4n) is 2.88. The van der Waals surface area contributed by atoms with E-state index in [0.29, 0.717) is 22.8 Å². The number of rotatable bonds is 2. The van der Waals surface area contributed by atoms with Gasteiger partial charge in [0.25, 0.3) is 5.91 Å². The van der Waals surface area contributed by atoms with Crippen molar-refractivity contribution in [2.75, 3.05) is 19.8 Å². The van der Waals surface area contributed by atoms with Gasteiger partial charge in [0.1, 0.15) is 5.52 Å². The first-order valence-corrected chi connectivity index (χ1v) is 6.84. The summed E-state index contributed by atoms with van der Waals surface area (Å²) >= 11 is 0. The van der Waals surface area contributed by atoms with Crippen molar-refractivity contribution in [3.05, 3.63) is 17.5 Å². The quantitative estimate of drug-likeness (QED) is 0.907. The van der Waals surface area contributed by atoms with Crippen molar-refractivity contribution >= 4 is 23.0 Å². The maximum Gasteiger partial charge on any atom is 0.289 e. The van der Waals surface area contributed by atoms with Gasteiger partial charge in [-0.2, -0.15) is 0 Å². The van der Waals surface area contributed by atoms with Crippen LogP contribution < -0.4 is 5.73 Å². The molecule has 6 heteroatoms. The summed E-state index contributed by atoms with van der Waals surface area (Å²) in [7, 11) is 3.43. The number of nitrogens with zero attached hydrogens (tertiary/aromatic N) is 3. The first-order chi connectivity index (χ1) is 9.58. The molecule has 1 aliphatic rings. The van der Waals surface area contributed by atoms with Gasteiger partial charge in [0.2, 0.25) is 5.95 Å². The van der Waals surface area contributed by atoms with Gasteiger partial charge in [0.05, 0.1) is 6.20 Å². The summed E-state index contributed by atoms with van der Waals surface area (Å²) in [4.78, 5) is 22.1. The maximum atomic E-state index is 12.3. The Bertz CT molecular complexity index is 656. The SMILES string of the molecule is CN(C)C(=O)c1oc2cnc(N)nc2c1C1CCCC1. The van der Waals surface area contributed by atoms with Crippen LogP contribution in [0.4, 0.5) is 5.95 Å². The molecule has 0 aromatic carbocycles. The largest absolute Gasteiger partial charge is 0.447 e. The molecule has 1 aliphatic carbocycles. The van der Waals surface area contributed by atoms with Crippen molar-refractivity contribution in [3.63, 3.8) is 0 Å². The van der Waals surface area contributed by atoms with Gasteiger partial charge >= 0.3 is 0 Å². The minimum absolute atomic E-state index is 0.136. The Balaban J connectivity index is 2.22. The third kappa shape index (κ3) is 2.01. The Labute approximate surface area is 117 Å². The van der Waals surface area contributed by atoms with Crippen LogP contribution in [0.15, 0.2) is 10.6 Å². The highest BCUT2D eigenvalue weighted by Crippen LogP contribution is 2.40. The van der Waals surface area contributed by atoms with Crippen LogP contribution in [0.3, 0.4) is 0 Å². The number of fused-ring (bicyclic) bond motifs is 1. The minimum Gasteiger partial charge on any atom is -0.447 e. The fourth-order valence-corrected chi connectivity index (χ4v) is 2.88. The molecule has 6 nitrogen and oxygen atoms in total. The van der Waals surface area contributed by atoms with Gasteiger partial charge in [-0.1, -0.05) is 12.8 Å². The van der Waals surface area contributed by atoms with Crippen LogP contribution in [0.5, 0.6) is 0 Å². The number of nitrogen functional groups attached to an aromatic ring is 1. The summed E-state index contributed by atoms with van der Waals surface area (Å²) in [6.45, 7) is 0. The van der Waals surface area contributed by atoms with Crippen LogP contribution >= 0.6 is 0 Å². The highest BCUT2D eigenvalue weighted by Gasteiger charge is 2.30. The molecule has 0 radical (unpaired) electrons. The molecule has 1 fully saturated rings. The van der Waals surface area contributed by atoms with E-state index in [1.165, 1.54) is 17.7 Å². The number of hydrogen-bond acceptors (Lipinski definition) is 5. The zero-order chi connectivity index (χ0) is 14.3. The highest BCUT2D eigenvalue weighted by atomic mass is 16.3. The van der Waals surface area contributed by atoms with E-state index in [9.17, 15) is 4.79 Å². The predicted molar refractivity (Wildman–Crippen MR) is 75.4 cm³/mol. The van der Waals surface area contributed by atoms with Crippen LogP contribution in [0.2, 0.25) is 0 Å². The molecule has 0 aliphatic heterocycles. The molecule has 0 bridgehead atoms. The third-order valence-corrected chi connectivity index (χ3v) is 3.85. The van der Waals surface area contributed by atoms with Gasteiger partial charge in [0, 0.05) is 19.7 Å². The lowest BCUT2D eigenvalue weighted by molar-refractivity contribution is 0.0797. The Morgan fingerprint density at radius 2 is 2.10 bits per heavy atom. The van der Waals surface area contributed by atoms with Crippen LogP contribution in [0, 0.1) is 0 Å². The average Bonchev–Trinajstić information content (AvgIpc) is 3.03. The summed E-state index contributed by atoms with van der Waals surface area (Å²) in [5.41, 5.74) is 7.81. The van der Waals surface area contributed by atoms with Crippen molar-refractivity contribution in [2.24, 2.45) is 0 Å². The second-order valence-electron chi connectivity index (χ2n) is 5.47. The van der Waals surface area contributed by atoms with Crippen LogP contribution in [0.25, 0.3) is 11.1 Å². The van der Waals surface area contributed by atoms with Gasteiger partial charge in [-0.25, -0.2) is 9.97 Å². The Morgan fingerprint density at radius 3 is 2.75 bits per heavy atom. The molecule has 2 aromatic rings. The number of anilines is 1. The summed E-state index contributed by atoms with van der Waals surface area (Å²) in [5, 5.41) is 0. The van der Waals surface area contributed by atoms with Crippen molar-refractivity contribution in [1.82, 2.24) is 14.9 Å². The van der Waals surface area contributed by atoms with Crippen LogP contribution in [0.1, 0.15) is 47.7 Å². The monoisotopic (exact) mass is 274 g/mol. The second-order valence-corrected chi connectivity index (χ2v) is 5.47. The number of carbonyl (C=O) groups excluding carboxylic acids is 1. The number of furan rings is 1. The van der Waals surface area contributed by atoms with E-state index in [0.717, 1.165) is 18.4 Å². The first-order valence-electron chi connectivity index (χ1n) is 6.84. The van der Waals surface area contributed by atoms with Crippen molar-refractivity contribution < 1.29 is 9.21 Å². The molecule has 1 saturated carbocycles. The smallest absolute Gasteiger partial charge is 0.289 e. The van der Waals surface area contributed by atoms with Crippen LogP contribution in [-0.2, 0) is 0 Å². The molecule has 0 spiro atoms. The normalized spacial score (nSPS) is 15.9. The van der Waals surface area contributed by atoms with Crippen molar-refractivity contribution in [2.45, 2.75) is 31.6 Å². The van der Waals surface area contributed by atoms with E-state index in [1.54, 1.807) is 20.3 Å². The van der Waals surface area contributed by atoms with E-state index >= 15 is 0 Å². The molecule has 0 atom stereocenters. The van der Waals surface area contributed by atoms with E-state index in [1.807, 2.05) is 0 Å². The molecule has 2 aromatic heterocycles. The predicted octanol–water partition coefficient (Wildman–Crippen LogP) is 2.16. The number of nitrogens with two attached hydrogens (primary N) is 1. The molecule has 20 heavy (non-hydrogen) atoms. The first kappa shape index (κ1) is 12.9. The van der Waals surface area contributed by atoms with E-state index in [2.05, 4.69) is 9.97 Å². The molecule has 3 rings (SSSR count). The second kappa shape index (κ2) is 4.77. The van der Waals surface area contributed by atoms with Gasteiger partial charge in [0.15, 0.2) is 11.3 Å². The molecular formula is C14H18N4O2. The van der Waals surface area contributed by atoms with E-state index in [4.69, 9.17) is 10.2 Å². The van der Waals surface area contributed by atoms with E-state index < -0.39 is 0 Å². The average molecular weight is 274 g/mol. The topological polar surface area (TPSA) is 85.2 Å². The van der Waals surface area contributed by atoms with Gasteiger partial charge in [-0.3, -0.25) is 4.79 Å². The summed E-state index contributed by atoms with van der Waals surface area (Å²) < 4.78 is 5.72. The summed E-state index contributed by atoms with van der Waals surface area (Å²) in [6.07, 6.45) is 6.02. The number of carbonyl (C=O) groups is 1. The lowest BCUT2D eigenvalue weighted by Gasteiger charge is -2.12. The molecular weight excluding hydrogens is 256 g/mol. The molecule has 1 amide bonds. The molecule has 0 saturated heterocycles. The number of hydrogen-bond donors (Lipinski definition) is 1. The lowest BCUT2D eigenvalue weighted by atomic mass is 9.96. The maximum absolute atomic E-state index is 12.3. The highest BCUT2D eigenvalue weighted by molar-refractivity contribution is 5.98. The molecule has 2 N–H and O–H groups in total. The molecule has 0 unspecified atom stereocenters. The Morgan fingerprint density at radius 1 is 1.40 bits per heavy atom. The lowest BCUT2D eigenvalue weighted by Crippen LogP contribution is -2.22. The summed E-state index contributed by atoms with van der Waals surface area (Å²) in [5.74, 6) is 0.783. The van der Waals surface area contributed by atoms with Crippen molar-refractivity contribution in [3.8, 4) is 0 Å². The molecule has 2 heterocycles. The van der Waals surface area contributed by atoms with Gasteiger partial charge in [-0.05, 0) is 18.8 Å². The zero-order valence-electron chi connectivity index (χ0n) is 11.7. The minimum atomic E-state index is -0.136.